The topological polar surface area (TPSA) is 66.5 Å². The van der Waals surface area contributed by atoms with Gasteiger partial charge in [0.15, 0.2) is 5.82 Å². The summed E-state index contributed by atoms with van der Waals surface area (Å²) in [6.45, 7) is 0.250. The molecule has 10 heteroatoms. The SMILES string of the molecule is O=C(Nc1cccc(Cl)c1F)C1CCN(S(=O)(=O)c2c(Cl)cccc2Cl)CC1. The number of halogens is 4. The Morgan fingerprint density at radius 2 is 1.54 bits per heavy atom. The summed E-state index contributed by atoms with van der Waals surface area (Å²) in [4.78, 5) is 12.3. The Bertz CT molecular complexity index is 989. The van der Waals surface area contributed by atoms with E-state index in [9.17, 15) is 17.6 Å². The molecule has 1 heterocycles. The van der Waals surface area contributed by atoms with Crippen LogP contribution in [0.25, 0.3) is 0 Å². The Kier molecular flexibility index (Phi) is 6.51. The van der Waals surface area contributed by atoms with Crippen LogP contribution in [0.4, 0.5) is 10.1 Å². The van der Waals surface area contributed by atoms with Gasteiger partial charge in [-0.2, -0.15) is 4.31 Å². The lowest BCUT2D eigenvalue weighted by Crippen LogP contribution is -2.41. The monoisotopic (exact) mass is 464 g/mol. The van der Waals surface area contributed by atoms with Crippen molar-refractivity contribution in [1.29, 1.82) is 0 Å². The molecule has 5 nitrogen and oxygen atoms in total. The van der Waals surface area contributed by atoms with Gasteiger partial charge in [-0.3, -0.25) is 4.79 Å². The number of anilines is 1. The third kappa shape index (κ3) is 4.28. The summed E-state index contributed by atoms with van der Waals surface area (Å²) in [6.07, 6.45) is 0.574. The quantitative estimate of drug-likeness (QED) is 0.703. The first-order chi connectivity index (χ1) is 13.2. The molecular weight excluding hydrogens is 450 g/mol. The lowest BCUT2D eigenvalue weighted by Gasteiger charge is -2.31. The van der Waals surface area contributed by atoms with Gasteiger partial charge in [0, 0.05) is 19.0 Å². The highest BCUT2D eigenvalue weighted by Crippen LogP contribution is 2.33. The largest absolute Gasteiger partial charge is 0.323 e. The molecular formula is C18H16Cl3FN2O3S. The molecule has 0 aromatic heterocycles. The van der Waals surface area contributed by atoms with Gasteiger partial charge in [-0.1, -0.05) is 46.9 Å². The van der Waals surface area contributed by atoms with Crippen molar-refractivity contribution >= 4 is 56.4 Å². The van der Waals surface area contributed by atoms with Crippen LogP contribution < -0.4 is 5.32 Å². The molecule has 1 aliphatic rings. The van der Waals surface area contributed by atoms with Crippen molar-refractivity contribution < 1.29 is 17.6 Å². The number of benzene rings is 2. The van der Waals surface area contributed by atoms with E-state index in [1.54, 1.807) is 6.07 Å². The average molecular weight is 466 g/mol. The van der Waals surface area contributed by atoms with Gasteiger partial charge in [0.2, 0.25) is 15.9 Å². The molecule has 1 saturated heterocycles. The molecule has 0 unspecified atom stereocenters. The lowest BCUT2D eigenvalue weighted by atomic mass is 9.97. The molecule has 0 saturated carbocycles. The number of rotatable bonds is 4. The van der Waals surface area contributed by atoms with Gasteiger partial charge in [-0.25, -0.2) is 12.8 Å². The van der Waals surface area contributed by atoms with E-state index in [4.69, 9.17) is 34.8 Å². The lowest BCUT2D eigenvalue weighted by molar-refractivity contribution is -0.120. The van der Waals surface area contributed by atoms with Crippen molar-refractivity contribution in [3.05, 3.63) is 57.3 Å². The van der Waals surface area contributed by atoms with Gasteiger partial charge >= 0.3 is 0 Å². The number of piperidine rings is 1. The molecule has 0 spiro atoms. The van der Waals surface area contributed by atoms with Gasteiger partial charge < -0.3 is 5.32 Å². The number of carbonyl (C=O) groups is 1. The second-order valence-corrected chi connectivity index (χ2v) is 9.42. The zero-order valence-electron chi connectivity index (χ0n) is 14.5. The number of carbonyl (C=O) groups excluding carboxylic acids is 1. The molecule has 0 radical (unpaired) electrons. The molecule has 1 aliphatic heterocycles. The first-order valence-corrected chi connectivity index (χ1v) is 11.0. The van der Waals surface area contributed by atoms with Crippen LogP contribution in [0.1, 0.15) is 12.8 Å². The van der Waals surface area contributed by atoms with Gasteiger partial charge in [0.25, 0.3) is 0 Å². The second-order valence-electron chi connectivity index (χ2n) is 6.32. The Morgan fingerprint density at radius 1 is 1.00 bits per heavy atom. The Balaban J connectivity index is 1.69. The number of amides is 1. The molecule has 0 aliphatic carbocycles. The van der Waals surface area contributed by atoms with Crippen molar-refractivity contribution in [3.63, 3.8) is 0 Å². The average Bonchev–Trinajstić information content (AvgIpc) is 2.65. The number of hydrogen-bond donors (Lipinski definition) is 1. The van der Waals surface area contributed by atoms with E-state index in [0.29, 0.717) is 0 Å². The van der Waals surface area contributed by atoms with Crippen molar-refractivity contribution in [1.82, 2.24) is 4.31 Å². The summed E-state index contributed by atoms with van der Waals surface area (Å²) < 4.78 is 40.9. The Hall–Kier alpha value is -1.38. The van der Waals surface area contributed by atoms with Crippen LogP contribution in [0.3, 0.4) is 0 Å². The molecule has 1 amide bonds. The summed E-state index contributed by atoms with van der Waals surface area (Å²) in [6, 6.07) is 8.81. The summed E-state index contributed by atoms with van der Waals surface area (Å²) in [5.41, 5.74) is -0.00426. The van der Waals surface area contributed by atoms with Crippen LogP contribution in [-0.4, -0.2) is 31.7 Å². The summed E-state index contributed by atoms with van der Waals surface area (Å²) in [5.74, 6) is -1.54. The van der Waals surface area contributed by atoms with Crippen molar-refractivity contribution in [2.45, 2.75) is 17.7 Å². The van der Waals surface area contributed by atoms with Crippen LogP contribution in [0, 0.1) is 11.7 Å². The zero-order valence-corrected chi connectivity index (χ0v) is 17.5. The van der Waals surface area contributed by atoms with Gasteiger partial charge in [0.05, 0.1) is 20.8 Å². The number of nitrogens with zero attached hydrogens (tertiary/aromatic N) is 1. The van der Waals surface area contributed by atoms with Crippen LogP contribution in [0.5, 0.6) is 0 Å². The third-order valence-electron chi connectivity index (χ3n) is 4.55. The Labute approximate surface area is 177 Å². The first kappa shape index (κ1) is 21.3. The number of nitrogens with one attached hydrogen (secondary N) is 1. The predicted octanol–water partition coefficient (Wildman–Crippen LogP) is 4.83. The van der Waals surface area contributed by atoms with Crippen LogP contribution >= 0.6 is 34.8 Å². The molecule has 1 fully saturated rings. The number of hydrogen-bond acceptors (Lipinski definition) is 3. The van der Waals surface area contributed by atoms with E-state index < -0.39 is 21.8 Å². The van der Waals surface area contributed by atoms with Crippen molar-refractivity contribution in [2.24, 2.45) is 5.92 Å². The maximum absolute atomic E-state index is 14.0. The molecule has 0 atom stereocenters. The standard InChI is InChI=1S/C18H16Cl3FN2O3S/c19-12-3-2-6-15(16(12)22)23-18(25)11-7-9-24(10-8-11)28(26,27)17-13(20)4-1-5-14(17)21/h1-6,11H,7-10H2,(H,23,25). The van der Waals surface area contributed by atoms with E-state index in [1.807, 2.05) is 0 Å². The Morgan fingerprint density at radius 3 is 2.14 bits per heavy atom. The third-order valence-corrected chi connectivity index (χ3v) is 7.70. The van der Waals surface area contributed by atoms with Gasteiger partial charge in [0.1, 0.15) is 4.90 Å². The normalized spacial score (nSPS) is 16.1. The zero-order chi connectivity index (χ0) is 20.5. The van der Waals surface area contributed by atoms with Crippen LogP contribution in [0.2, 0.25) is 15.1 Å². The molecule has 0 bridgehead atoms. The molecule has 28 heavy (non-hydrogen) atoms. The van der Waals surface area contributed by atoms with E-state index in [1.165, 1.54) is 34.6 Å². The van der Waals surface area contributed by atoms with Gasteiger partial charge in [-0.05, 0) is 37.1 Å². The minimum atomic E-state index is -3.88. The minimum absolute atomic E-state index is 0.00426. The summed E-state index contributed by atoms with van der Waals surface area (Å²) >= 11 is 17.8. The first-order valence-electron chi connectivity index (χ1n) is 8.41. The second kappa shape index (κ2) is 8.55. The minimum Gasteiger partial charge on any atom is -0.323 e. The maximum atomic E-state index is 14.0. The van der Waals surface area contributed by atoms with Crippen LogP contribution in [-0.2, 0) is 14.8 Å². The van der Waals surface area contributed by atoms with Crippen molar-refractivity contribution in [2.75, 3.05) is 18.4 Å². The van der Waals surface area contributed by atoms with E-state index in [-0.39, 0.29) is 57.5 Å². The fourth-order valence-corrected chi connectivity index (χ4v) is 5.79. The molecule has 1 N–H and O–H groups in total. The highest BCUT2D eigenvalue weighted by atomic mass is 35.5. The summed E-state index contributed by atoms with van der Waals surface area (Å²) in [5, 5.41) is 2.52. The molecule has 2 aromatic rings. The maximum Gasteiger partial charge on any atom is 0.246 e. The van der Waals surface area contributed by atoms with Gasteiger partial charge in [-0.15, -0.1) is 0 Å². The van der Waals surface area contributed by atoms with E-state index in [0.717, 1.165) is 0 Å². The van der Waals surface area contributed by atoms with Crippen molar-refractivity contribution in [3.8, 4) is 0 Å². The van der Waals surface area contributed by atoms with E-state index in [2.05, 4.69) is 5.32 Å². The predicted molar refractivity (Wildman–Crippen MR) is 108 cm³/mol. The summed E-state index contributed by atoms with van der Waals surface area (Å²) in [7, 11) is -3.88. The molecule has 3 rings (SSSR count). The molecule has 2 aromatic carbocycles. The smallest absolute Gasteiger partial charge is 0.246 e. The highest BCUT2D eigenvalue weighted by Gasteiger charge is 2.34. The fraction of sp³-hybridized carbons (Fsp3) is 0.278. The van der Waals surface area contributed by atoms with E-state index >= 15 is 0 Å². The highest BCUT2D eigenvalue weighted by molar-refractivity contribution is 7.89. The molecule has 150 valence electrons. The fourth-order valence-electron chi connectivity index (χ4n) is 3.05. The number of sulfonamides is 1. The van der Waals surface area contributed by atoms with Crippen LogP contribution in [0.15, 0.2) is 41.3 Å².